The zero-order valence-electron chi connectivity index (χ0n) is 16.1. The third kappa shape index (κ3) is 2.10. The summed E-state index contributed by atoms with van der Waals surface area (Å²) in [5.41, 5.74) is 2.18. The molecule has 4 aliphatic carbocycles. The molecule has 4 fully saturated rings. The first kappa shape index (κ1) is 16.5. The predicted octanol–water partition coefficient (Wildman–Crippen LogP) is 5.31. The number of allylic oxidation sites excluding steroid dienone is 1. The minimum Gasteiger partial charge on any atom is -0.374 e. The number of carbonyl (C=O) groups is 1. The van der Waals surface area contributed by atoms with Gasteiger partial charge in [-0.15, -0.1) is 0 Å². The highest BCUT2D eigenvalue weighted by Gasteiger charge is 2.66. The number of rotatable bonds is 1. The topological polar surface area (TPSA) is 26.3 Å². The molecule has 4 unspecified atom stereocenters. The van der Waals surface area contributed by atoms with E-state index in [0.29, 0.717) is 11.2 Å². The van der Waals surface area contributed by atoms with Gasteiger partial charge in [-0.1, -0.05) is 19.4 Å². The molecular formula is C23H34O2. The van der Waals surface area contributed by atoms with Gasteiger partial charge in [-0.05, 0) is 93.5 Å². The van der Waals surface area contributed by atoms with Crippen LogP contribution in [-0.4, -0.2) is 18.0 Å². The molecule has 0 radical (unpaired) electrons. The number of carbonyl (C=O) groups excluding carboxylic acids is 1. The Bertz CT molecular complexity index is 599. The lowest BCUT2D eigenvalue weighted by molar-refractivity contribution is -0.146. The first-order chi connectivity index (χ1) is 12.1. The van der Waals surface area contributed by atoms with Crippen molar-refractivity contribution in [1.29, 1.82) is 0 Å². The van der Waals surface area contributed by atoms with Crippen molar-refractivity contribution < 1.29 is 9.53 Å². The van der Waals surface area contributed by atoms with Crippen LogP contribution in [0.3, 0.4) is 0 Å². The Labute approximate surface area is 152 Å². The maximum absolute atomic E-state index is 11.9. The monoisotopic (exact) mass is 342 g/mol. The molecule has 0 aromatic heterocycles. The molecule has 2 nitrogen and oxygen atoms in total. The van der Waals surface area contributed by atoms with Crippen LogP contribution in [0.25, 0.3) is 0 Å². The van der Waals surface area contributed by atoms with E-state index < -0.39 is 0 Å². The third-order valence-electron chi connectivity index (χ3n) is 9.35. The van der Waals surface area contributed by atoms with E-state index in [2.05, 4.69) is 13.8 Å². The second kappa shape index (κ2) is 5.68. The molecule has 5 aliphatic rings. The van der Waals surface area contributed by atoms with Crippen LogP contribution in [-0.2, 0) is 9.53 Å². The maximum atomic E-state index is 11.9. The summed E-state index contributed by atoms with van der Waals surface area (Å²) in [6.45, 7) is 5.93. The van der Waals surface area contributed by atoms with Crippen LogP contribution in [0.4, 0.5) is 0 Å². The van der Waals surface area contributed by atoms with E-state index >= 15 is 0 Å². The molecule has 0 bridgehead atoms. The molecule has 2 heteroatoms. The number of ether oxygens (including phenoxy) is 1. The highest BCUT2D eigenvalue weighted by Crippen LogP contribution is 2.69. The van der Waals surface area contributed by atoms with Crippen molar-refractivity contribution >= 4 is 5.78 Å². The number of ketones is 1. The lowest BCUT2D eigenvalue weighted by atomic mass is 9.47. The smallest absolute Gasteiger partial charge is 0.155 e. The van der Waals surface area contributed by atoms with E-state index in [4.69, 9.17) is 4.74 Å². The summed E-state index contributed by atoms with van der Waals surface area (Å²) in [7, 11) is 0. The van der Waals surface area contributed by atoms with Crippen LogP contribution in [0.5, 0.6) is 0 Å². The van der Waals surface area contributed by atoms with Gasteiger partial charge in [0.25, 0.3) is 0 Å². The minimum atomic E-state index is 0.218. The Morgan fingerprint density at radius 1 is 1.20 bits per heavy atom. The minimum absolute atomic E-state index is 0.218. The van der Waals surface area contributed by atoms with E-state index in [1.807, 2.05) is 6.08 Å². The highest BCUT2D eigenvalue weighted by molar-refractivity contribution is 5.91. The SMILES string of the molecule is CC[C@]12CCC3C(C(C)CC4=CC(=O)CC[C@@H]43)C1CC[C@@]21CCCO1. The molecule has 1 heterocycles. The number of hydrogen-bond donors (Lipinski definition) is 0. The summed E-state index contributed by atoms with van der Waals surface area (Å²) in [5, 5.41) is 0. The molecule has 138 valence electrons. The molecule has 1 saturated heterocycles. The summed E-state index contributed by atoms with van der Waals surface area (Å²) in [6.07, 6.45) is 14.5. The molecule has 0 aromatic carbocycles. The van der Waals surface area contributed by atoms with E-state index in [1.54, 1.807) is 0 Å². The zero-order chi connectivity index (χ0) is 17.2. The van der Waals surface area contributed by atoms with Gasteiger partial charge in [0.15, 0.2) is 5.78 Å². The van der Waals surface area contributed by atoms with Gasteiger partial charge in [0.05, 0.1) is 5.60 Å². The zero-order valence-corrected chi connectivity index (χ0v) is 16.1. The van der Waals surface area contributed by atoms with Crippen LogP contribution < -0.4 is 0 Å². The average molecular weight is 343 g/mol. The molecule has 1 aliphatic heterocycles. The Balaban J connectivity index is 1.51. The van der Waals surface area contributed by atoms with Crippen LogP contribution in [0.15, 0.2) is 11.6 Å². The van der Waals surface area contributed by atoms with Gasteiger partial charge in [0, 0.05) is 18.4 Å². The second-order valence-electron chi connectivity index (χ2n) is 9.89. The third-order valence-corrected chi connectivity index (χ3v) is 9.35. The van der Waals surface area contributed by atoms with Crippen molar-refractivity contribution in [1.82, 2.24) is 0 Å². The molecule has 3 saturated carbocycles. The van der Waals surface area contributed by atoms with Crippen molar-refractivity contribution in [2.24, 2.45) is 35.0 Å². The highest BCUT2D eigenvalue weighted by atomic mass is 16.5. The van der Waals surface area contributed by atoms with Crippen molar-refractivity contribution in [3.05, 3.63) is 11.6 Å². The Kier molecular flexibility index (Phi) is 3.76. The van der Waals surface area contributed by atoms with Crippen molar-refractivity contribution in [2.45, 2.75) is 83.7 Å². The quantitative estimate of drug-likeness (QED) is 0.645. The van der Waals surface area contributed by atoms with Crippen LogP contribution in [0.1, 0.15) is 78.1 Å². The van der Waals surface area contributed by atoms with Crippen molar-refractivity contribution in [3.63, 3.8) is 0 Å². The van der Waals surface area contributed by atoms with E-state index in [0.717, 1.165) is 49.0 Å². The first-order valence-corrected chi connectivity index (χ1v) is 11.0. The number of fused-ring (bicyclic) bond motifs is 6. The average Bonchev–Trinajstić information content (AvgIpc) is 3.21. The standard InChI is InChI=1S/C23H34O2/c1-3-22-10-7-19-18-6-5-17(24)14-16(18)13-15(2)21(19)20(22)8-11-23(22)9-4-12-25-23/h14-15,18-21H,3-13H2,1-2H3/t15?,18-,19?,20?,21?,22-,23-/m0/s1. The van der Waals surface area contributed by atoms with Crippen molar-refractivity contribution in [2.75, 3.05) is 6.61 Å². The molecule has 0 aromatic rings. The summed E-state index contributed by atoms with van der Waals surface area (Å²) in [4.78, 5) is 11.9. The van der Waals surface area contributed by atoms with Gasteiger partial charge in [-0.3, -0.25) is 4.79 Å². The van der Waals surface area contributed by atoms with Gasteiger partial charge >= 0.3 is 0 Å². The fourth-order valence-electron chi connectivity index (χ4n) is 8.55. The maximum Gasteiger partial charge on any atom is 0.155 e. The van der Waals surface area contributed by atoms with Crippen LogP contribution in [0.2, 0.25) is 0 Å². The molecule has 0 amide bonds. The van der Waals surface area contributed by atoms with Gasteiger partial charge in [0.1, 0.15) is 0 Å². The largest absolute Gasteiger partial charge is 0.374 e. The van der Waals surface area contributed by atoms with E-state index in [-0.39, 0.29) is 5.60 Å². The van der Waals surface area contributed by atoms with Gasteiger partial charge < -0.3 is 4.74 Å². The molecular weight excluding hydrogens is 308 g/mol. The predicted molar refractivity (Wildman–Crippen MR) is 99.2 cm³/mol. The Morgan fingerprint density at radius 2 is 2.08 bits per heavy atom. The lowest BCUT2D eigenvalue weighted by Crippen LogP contribution is -2.55. The van der Waals surface area contributed by atoms with Gasteiger partial charge in [-0.2, -0.15) is 0 Å². The van der Waals surface area contributed by atoms with E-state index in [9.17, 15) is 4.79 Å². The second-order valence-corrected chi connectivity index (χ2v) is 9.89. The van der Waals surface area contributed by atoms with Crippen molar-refractivity contribution in [3.8, 4) is 0 Å². The lowest BCUT2D eigenvalue weighted by Gasteiger charge is -2.59. The van der Waals surface area contributed by atoms with Gasteiger partial charge in [-0.25, -0.2) is 0 Å². The normalized spacial score (nSPS) is 51.8. The molecule has 1 spiro atoms. The van der Waals surface area contributed by atoms with E-state index in [1.165, 1.54) is 56.9 Å². The Morgan fingerprint density at radius 3 is 2.84 bits per heavy atom. The summed E-state index contributed by atoms with van der Waals surface area (Å²) < 4.78 is 6.54. The fourth-order valence-corrected chi connectivity index (χ4v) is 8.55. The molecule has 0 N–H and O–H groups in total. The van der Waals surface area contributed by atoms with Gasteiger partial charge in [0.2, 0.25) is 0 Å². The summed E-state index contributed by atoms with van der Waals surface area (Å²) >= 11 is 0. The number of hydrogen-bond acceptors (Lipinski definition) is 2. The summed E-state index contributed by atoms with van der Waals surface area (Å²) in [6, 6.07) is 0. The summed E-state index contributed by atoms with van der Waals surface area (Å²) in [5.74, 6) is 4.41. The molecule has 25 heavy (non-hydrogen) atoms. The molecule has 5 rings (SSSR count). The van der Waals surface area contributed by atoms with Crippen LogP contribution in [0, 0.1) is 35.0 Å². The first-order valence-electron chi connectivity index (χ1n) is 11.0. The molecule has 7 atom stereocenters. The fraction of sp³-hybridized carbons (Fsp3) is 0.870. The Hall–Kier alpha value is -0.630. The van der Waals surface area contributed by atoms with Crippen LogP contribution >= 0.6 is 0 Å².